The van der Waals surface area contributed by atoms with Gasteiger partial charge in [0.05, 0.1) is 0 Å². The smallest absolute Gasteiger partial charge is 0.251 e. The van der Waals surface area contributed by atoms with Crippen LogP contribution < -0.4 is 11.1 Å². The van der Waals surface area contributed by atoms with Gasteiger partial charge in [0.2, 0.25) is 0 Å². The van der Waals surface area contributed by atoms with Gasteiger partial charge in [-0.1, -0.05) is 41.0 Å². The number of halogens is 1. The minimum Gasteiger partial charge on any atom is -0.409 e. The molecule has 6 heteroatoms. The van der Waals surface area contributed by atoms with Gasteiger partial charge in [0, 0.05) is 22.7 Å². The maximum atomic E-state index is 12.1. The van der Waals surface area contributed by atoms with Crippen LogP contribution in [0.1, 0.15) is 21.5 Å². The summed E-state index contributed by atoms with van der Waals surface area (Å²) in [5.41, 5.74) is 7.32. The fraction of sp³-hybridized carbons (Fsp3) is 0.0667. The van der Waals surface area contributed by atoms with E-state index in [0.29, 0.717) is 22.7 Å². The quantitative estimate of drug-likeness (QED) is 0.351. The molecule has 2 rings (SSSR count). The van der Waals surface area contributed by atoms with Crippen molar-refractivity contribution in [3.63, 3.8) is 0 Å². The van der Waals surface area contributed by atoms with E-state index >= 15 is 0 Å². The first-order valence-corrected chi connectivity index (χ1v) is 6.58. The van der Waals surface area contributed by atoms with E-state index in [-0.39, 0.29) is 11.7 Å². The second-order valence-electron chi connectivity index (χ2n) is 4.38. The lowest BCUT2D eigenvalue weighted by molar-refractivity contribution is 0.0951. The summed E-state index contributed by atoms with van der Waals surface area (Å²) in [6.45, 7) is 0.368. The molecule has 0 saturated heterocycles. The number of hydrogen-bond donors (Lipinski definition) is 3. The van der Waals surface area contributed by atoms with E-state index in [1.165, 1.54) is 0 Å². The Balaban J connectivity index is 2.07. The molecule has 0 fully saturated rings. The number of nitrogens with zero attached hydrogens (tertiary/aromatic N) is 1. The lowest BCUT2D eigenvalue weighted by Crippen LogP contribution is -2.23. The Hall–Kier alpha value is -2.53. The van der Waals surface area contributed by atoms with Crippen molar-refractivity contribution in [3.8, 4) is 0 Å². The summed E-state index contributed by atoms with van der Waals surface area (Å²) in [7, 11) is 0. The molecule has 1 amide bonds. The Labute approximate surface area is 127 Å². The Morgan fingerprint density at radius 1 is 1.19 bits per heavy atom. The minimum absolute atomic E-state index is 0.0421. The van der Waals surface area contributed by atoms with Gasteiger partial charge in [-0.15, -0.1) is 0 Å². The van der Waals surface area contributed by atoms with Crippen molar-refractivity contribution in [2.45, 2.75) is 6.54 Å². The lowest BCUT2D eigenvalue weighted by Gasteiger charge is -2.07. The van der Waals surface area contributed by atoms with Crippen molar-refractivity contribution in [2.75, 3.05) is 0 Å². The second kappa shape index (κ2) is 6.76. The predicted octanol–water partition coefficient (Wildman–Crippen LogP) is 2.36. The molecule has 0 aliphatic rings. The third kappa shape index (κ3) is 3.97. The maximum absolute atomic E-state index is 12.1. The average Bonchev–Trinajstić information content (AvgIpc) is 2.52. The number of amidine groups is 1. The van der Waals surface area contributed by atoms with Crippen LogP contribution in [0.5, 0.6) is 0 Å². The van der Waals surface area contributed by atoms with Gasteiger partial charge in [-0.3, -0.25) is 4.79 Å². The van der Waals surface area contributed by atoms with E-state index in [1.807, 2.05) is 12.1 Å². The number of rotatable bonds is 4. The third-order valence-electron chi connectivity index (χ3n) is 2.87. The maximum Gasteiger partial charge on any atom is 0.251 e. The topological polar surface area (TPSA) is 87.7 Å². The summed E-state index contributed by atoms with van der Waals surface area (Å²) in [4.78, 5) is 12.1. The standard InChI is InChI=1S/C15H14ClN3O2/c16-13-6-1-3-10(7-13)9-18-15(20)12-5-2-4-11(8-12)14(17)19-21/h1-8,21H,9H2,(H2,17,19)(H,18,20). The summed E-state index contributed by atoms with van der Waals surface area (Å²) in [6.07, 6.45) is 0. The molecule has 21 heavy (non-hydrogen) atoms. The predicted molar refractivity (Wildman–Crippen MR) is 81.6 cm³/mol. The first-order valence-electron chi connectivity index (χ1n) is 6.21. The van der Waals surface area contributed by atoms with Crippen molar-refractivity contribution >= 4 is 23.3 Å². The van der Waals surface area contributed by atoms with Crippen LogP contribution in [0.25, 0.3) is 0 Å². The largest absolute Gasteiger partial charge is 0.409 e. The van der Waals surface area contributed by atoms with Crippen molar-refractivity contribution in [1.29, 1.82) is 0 Å². The monoisotopic (exact) mass is 303 g/mol. The first kappa shape index (κ1) is 14.9. The molecule has 0 aliphatic carbocycles. The molecule has 0 radical (unpaired) electrons. The number of carbonyl (C=O) groups excluding carboxylic acids is 1. The highest BCUT2D eigenvalue weighted by Gasteiger charge is 2.08. The fourth-order valence-electron chi connectivity index (χ4n) is 1.81. The van der Waals surface area contributed by atoms with Gasteiger partial charge in [-0.2, -0.15) is 0 Å². The average molecular weight is 304 g/mol. The molecular formula is C15H14ClN3O2. The number of hydrogen-bond acceptors (Lipinski definition) is 3. The van der Waals surface area contributed by atoms with Gasteiger partial charge in [0.15, 0.2) is 5.84 Å². The summed E-state index contributed by atoms with van der Waals surface area (Å²) in [6, 6.07) is 13.8. The molecule has 4 N–H and O–H groups in total. The molecule has 0 bridgehead atoms. The zero-order chi connectivity index (χ0) is 15.2. The number of nitrogens with two attached hydrogens (primary N) is 1. The van der Waals surface area contributed by atoms with Crippen molar-refractivity contribution in [3.05, 3.63) is 70.2 Å². The van der Waals surface area contributed by atoms with E-state index in [9.17, 15) is 4.79 Å². The van der Waals surface area contributed by atoms with E-state index in [0.717, 1.165) is 5.56 Å². The van der Waals surface area contributed by atoms with Crippen LogP contribution in [0.4, 0.5) is 0 Å². The molecule has 5 nitrogen and oxygen atoms in total. The Morgan fingerprint density at radius 3 is 2.62 bits per heavy atom. The molecule has 0 aromatic heterocycles. The second-order valence-corrected chi connectivity index (χ2v) is 4.82. The molecule has 0 atom stereocenters. The van der Waals surface area contributed by atoms with E-state index in [4.69, 9.17) is 22.5 Å². The highest BCUT2D eigenvalue weighted by molar-refractivity contribution is 6.30. The van der Waals surface area contributed by atoms with Gasteiger partial charge in [-0.05, 0) is 29.8 Å². The van der Waals surface area contributed by atoms with Crippen LogP contribution in [0.15, 0.2) is 53.7 Å². The molecule has 2 aromatic rings. The molecule has 0 spiro atoms. The highest BCUT2D eigenvalue weighted by atomic mass is 35.5. The Kier molecular flexibility index (Phi) is 4.79. The van der Waals surface area contributed by atoms with Gasteiger partial charge in [-0.25, -0.2) is 0 Å². The number of amides is 1. The third-order valence-corrected chi connectivity index (χ3v) is 3.11. The number of benzene rings is 2. The van der Waals surface area contributed by atoms with Crippen molar-refractivity contribution < 1.29 is 10.0 Å². The first-order chi connectivity index (χ1) is 10.1. The van der Waals surface area contributed by atoms with Crippen LogP contribution in [0, 0.1) is 0 Å². The molecule has 0 unspecified atom stereocenters. The van der Waals surface area contributed by atoms with Crippen LogP contribution in [-0.4, -0.2) is 17.0 Å². The van der Waals surface area contributed by atoms with Crippen LogP contribution >= 0.6 is 11.6 Å². The van der Waals surface area contributed by atoms with Gasteiger partial charge < -0.3 is 16.3 Å². The summed E-state index contributed by atoms with van der Waals surface area (Å²) >= 11 is 5.89. The van der Waals surface area contributed by atoms with Crippen LogP contribution in [-0.2, 0) is 6.54 Å². The molecule has 0 aliphatic heterocycles. The van der Waals surface area contributed by atoms with Crippen LogP contribution in [0.3, 0.4) is 0 Å². The zero-order valence-electron chi connectivity index (χ0n) is 11.1. The number of nitrogens with one attached hydrogen (secondary N) is 1. The van der Waals surface area contributed by atoms with E-state index in [1.54, 1.807) is 36.4 Å². The minimum atomic E-state index is -0.248. The SMILES string of the molecule is NC(=NO)c1cccc(C(=O)NCc2cccc(Cl)c2)c1. The Morgan fingerprint density at radius 2 is 1.90 bits per heavy atom. The summed E-state index contributed by atoms with van der Waals surface area (Å²) in [5.74, 6) is -0.290. The highest BCUT2D eigenvalue weighted by Crippen LogP contribution is 2.11. The van der Waals surface area contributed by atoms with Gasteiger partial charge in [0.25, 0.3) is 5.91 Å². The molecular weight excluding hydrogens is 290 g/mol. The van der Waals surface area contributed by atoms with Crippen molar-refractivity contribution in [1.82, 2.24) is 5.32 Å². The molecule has 0 saturated carbocycles. The van der Waals surface area contributed by atoms with E-state index in [2.05, 4.69) is 10.5 Å². The van der Waals surface area contributed by atoms with Crippen LogP contribution in [0.2, 0.25) is 5.02 Å². The summed E-state index contributed by atoms with van der Waals surface area (Å²) < 4.78 is 0. The zero-order valence-corrected chi connectivity index (χ0v) is 11.8. The Bertz CT molecular complexity index is 686. The fourth-order valence-corrected chi connectivity index (χ4v) is 2.02. The van der Waals surface area contributed by atoms with Gasteiger partial charge in [0.1, 0.15) is 0 Å². The van der Waals surface area contributed by atoms with Gasteiger partial charge >= 0.3 is 0 Å². The van der Waals surface area contributed by atoms with Crippen molar-refractivity contribution in [2.24, 2.45) is 10.9 Å². The number of oxime groups is 1. The summed E-state index contributed by atoms with van der Waals surface area (Å²) in [5, 5.41) is 15.0. The normalized spacial score (nSPS) is 11.2. The number of carbonyl (C=O) groups is 1. The lowest BCUT2D eigenvalue weighted by atomic mass is 10.1. The molecule has 2 aromatic carbocycles. The molecule has 108 valence electrons. The molecule has 0 heterocycles. The van der Waals surface area contributed by atoms with E-state index < -0.39 is 0 Å².